The Labute approximate surface area is 63.2 Å². The molecule has 2 aromatic rings. The van der Waals surface area contributed by atoms with Crippen molar-refractivity contribution in [2.45, 2.75) is 0 Å². The molecule has 3 nitrogen and oxygen atoms in total. The maximum Gasteiger partial charge on any atom is 0.217 e. The van der Waals surface area contributed by atoms with E-state index in [1.807, 2.05) is 29.7 Å². The van der Waals surface area contributed by atoms with E-state index < -0.39 is 0 Å². The van der Waals surface area contributed by atoms with Crippen LogP contribution >= 0.6 is 0 Å². The lowest BCUT2D eigenvalue weighted by Crippen LogP contribution is -1.83. The van der Waals surface area contributed by atoms with E-state index in [-0.39, 0.29) is 0 Å². The highest BCUT2D eigenvalue weighted by Crippen LogP contribution is 2.21. The molecular weight excluding hydrogens is 142 g/mol. The Morgan fingerprint density at radius 1 is 1.27 bits per heavy atom. The second-order valence-corrected chi connectivity index (χ2v) is 2.26. The van der Waals surface area contributed by atoms with E-state index in [4.69, 9.17) is 9.62 Å². The summed E-state index contributed by atoms with van der Waals surface area (Å²) in [6.07, 6.45) is 0. The molecule has 0 saturated carbocycles. The maximum absolute atomic E-state index is 8.49. The Bertz CT molecular complexity index is 334. The van der Waals surface area contributed by atoms with Crippen LogP contribution < -0.4 is 5.48 Å². The van der Waals surface area contributed by atoms with Gasteiger partial charge in [-0.2, -0.15) is 0 Å². The molecule has 0 bridgehead atoms. The molecule has 11 heavy (non-hydrogen) atoms. The highest BCUT2D eigenvalue weighted by atomic mass is 16.5. The average molecular weight is 149 g/mol. The van der Waals surface area contributed by atoms with Crippen LogP contribution in [0.4, 0.5) is 5.88 Å². The summed E-state index contributed by atoms with van der Waals surface area (Å²) in [7, 11) is 0. The first kappa shape index (κ1) is 6.24. The molecule has 0 radical (unpaired) electrons. The molecule has 1 heterocycles. The third-order valence-corrected chi connectivity index (χ3v) is 1.54. The summed E-state index contributed by atoms with van der Waals surface area (Å²) >= 11 is 0. The number of hydrogen-bond acceptors (Lipinski definition) is 3. The van der Waals surface area contributed by atoms with Crippen LogP contribution in [0.3, 0.4) is 0 Å². The van der Waals surface area contributed by atoms with Crippen LogP contribution in [0.2, 0.25) is 0 Å². The van der Waals surface area contributed by atoms with Crippen LogP contribution in [0.5, 0.6) is 0 Å². The minimum absolute atomic E-state index is 0.367. The zero-order chi connectivity index (χ0) is 7.68. The van der Waals surface area contributed by atoms with Crippen LogP contribution in [-0.2, 0) is 0 Å². The second kappa shape index (κ2) is 2.29. The van der Waals surface area contributed by atoms with Crippen LogP contribution in [0.25, 0.3) is 11.0 Å². The molecule has 1 aromatic carbocycles. The summed E-state index contributed by atoms with van der Waals surface area (Å²) in [5, 5.41) is 9.47. The van der Waals surface area contributed by atoms with Gasteiger partial charge in [-0.05, 0) is 6.07 Å². The SMILES string of the molecule is ONc1cc2ccccc2o1. The average Bonchev–Trinajstić information content (AvgIpc) is 2.46. The highest BCUT2D eigenvalue weighted by Gasteiger charge is 1.99. The molecule has 0 fully saturated rings. The van der Waals surface area contributed by atoms with Crippen LogP contribution in [0.1, 0.15) is 0 Å². The molecule has 0 amide bonds. The lowest BCUT2D eigenvalue weighted by atomic mass is 10.3. The molecule has 56 valence electrons. The fourth-order valence-electron chi connectivity index (χ4n) is 1.04. The number of anilines is 1. The monoisotopic (exact) mass is 149 g/mol. The number of furan rings is 1. The van der Waals surface area contributed by atoms with Gasteiger partial charge in [-0.25, -0.2) is 5.48 Å². The van der Waals surface area contributed by atoms with Gasteiger partial charge in [0.1, 0.15) is 5.58 Å². The molecule has 0 aliphatic carbocycles. The molecule has 2 rings (SSSR count). The van der Waals surface area contributed by atoms with Crippen molar-refractivity contribution in [1.82, 2.24) is 0 Å². The highest BCUT2D eigenvalue weighted by molar-refractivity contribution is 5.80. The predicted octanol–water partition coefficient (Wildman–Crippen LogP) is 2.23. The standard InChI is InChI=1S/C8H7NO2/c10-9-8-5-6-3-1-2-4-7(6)11-8/h1-5,9-10H. The number of benzene rings is 1. The Balaban J connectivity index is 2.69. The normalized spacial score (nSPS) is 10.3. The van der Waals surface area contributed by atoms with Gasteiger partial charge >= 0.3 is 0 Å². The van der Waals surface area contributed by atoms with E-state index >= 15 is 0 Å². The molecule has 0 spiro atoms. The van der Waals surface area contributed by atoms with Crippen molar-refractivity contribution in [2.75, 3.05) is 5.48 Å². The van der Waals surface area contributed by atoms with E-state index in [2.05, 4.69) is 0 Å². The Hall–Kier alpha value is -1.48. The first-order valence-electron chi connectivity index (χ1n) is 3.29. The first-order valence-corrected chi connectivity index (χ1v) is 3.29. The number of fused-ring (bicyclic) bond motifs is 1. The molecule has 0 aliphatic rings. The van der Waals surface area contributed by atoms with Gasteiger partial charge in [-0.1, -0.05) is 18.2 Å². The summed E-state index contributed by atoms with van der Waals surface area (Å²) in [6, 6.07) is 9.29. The van der Waals surface area contributed by atoms with Gasteiger partial charge in [-0.15, -0.1) is 0 Å². The quantitative estimate of drug-likeness (QED) is 0.611. The topological polar surface area (TPSA) is 45.4 Å². The van der Waals surface area contributed by atoms with Crippen LogP contribution in [0, 0.1) is 0 Å². The molecule has 2 N–H and O–H groups in total. The minimum Gasteiger partial charge on any atom is -0.439 e. The van der Waals surface area contributed by atoms with Gasteiger partial charge in [0.15, 0.2) is 0 Å². The van der Waals surface area contributed by atoms with Gasteiger partial charge in [0, 0.05) is 11.5 Å². The fraction of sp³-hybridized carbons (Fsp3) is 0. The summed E-state index contributed by atoms with van der Waals surface area (Å²) in [6.45, 7) is 0. The van der Waals surface area contributed by atoms with Gasteiger partial charge < -0.3 is 4.42 Å². The summed E-state index contributed by atoms with van der Waals surface area (Å²) in [5.41, 5.74) is 2.72. The van der Waals surface area contributed by atoms with Crippen molar-refractivity contribution in [1.29, 1.82) is 0 Å². The lowest BCUT2D eigenvalue weighted by molar-refractivity contribution is 0.366. The van der Waals surface area contributed by atoms with Crippen molar-refractivity contribution in [2.24, 2.45) is 0 Å². The Morgan fingerprint density at radius 3 is 2.82 bits per heavy atom. The second-order valence-electron chi connectivity index (χ2n) is 2.26. The third-order valence-electron chi connectivity index (χ3n) is 1.54. The van der Waals surface area contributed by atoms with Crippen molar-refractivity contribution in [3.8, 4) is 0 Å². The molecule has 0 unspecified atom stereocenters. The number of rotatable bonds is 1. The van der Waals surface area contributed by atoms with Gasteiger partial charge in [0.2, 0.25) is 5.88 Å². The lowest BCUT2D eigenvalue weighted by Gasteiger charge is -1.86. The van der Waals surface area contributed by atoms with Crippen LogP contribution in [-0.4, -0.2) is 5.21 Å². The molecule has 3 heteroatoms. The van der Waals surface area contributed by atoms with E-state index in [9.17, 15) is 0 Å². The van der Waals surface area contributed by atoms with E-state index in [0.717, 1.165) is 11.0 Å². The van der Waals surface area contributed by atoms with E-state index in [0.29, 0.717) is 5.88 Å². The molecule has 0 saturated heterocycles. The van der Waals surface area contributed by atoms with Gasteiger partial charge in [0.25, 0.3) is 0 Å². The third kappa shape index (κ3) is 0.951. The predicted molar refractivity (Wildman–Crippen MR) is 41.6 cm³/mol. The van der Waals surface area contributed by atoms with E-state index in [1.54, 1.807) is 6.07 Å². The summed E-state index contributed by atoms with van der Waals surface area (Å²) < 4.78 is 5.16. The number of nitrogens with one attached hydrogen (secondary N) is 1. The number of hydrogen-bond donors (Lipinski definition) is 2. The Morgan fingerprint density at radius 2 is 2.09 bits per heavy atom. The molecular formula is C8H7NO2. The zero-order valence-electron chi connectivity index (χ0n) is 5.74. The van der Waals surface area contributed by atoms with Gasteiger partial charge in [0.05, 0.1) is 0 Å². The van der Waals surface area contributed by atoms with Crippen molar-refractivity contribution in [3.63, 3.8) is 0 Å². The molecule has 0 aliphatic heterocycles. The van der Waals surface area contributed by atoms with Crippen LogP contribution in [0.15, 0.2) is 34.7 Å². The van der Waals surface area contributed by atoms with Crippen molar-refractivity contribution < 1.29 is 9.62 Å². The molecule has 1 aromatic heterocycles. The molecule has 0 atom stereocenters. The minimum atomic E-state index is 0.367. The fourth-order valence-corrected chi connectivity index (χ4v) is 1.04. The van der Waals surface area contributed by atoms with E-state index in [1.165, 1.54) is 0 Å². The first-order chi connectivity index (χ1) is 5.40. The number of para-hydroxylation sites is 1. The smallest absolute Gasteiger partial charge is 0.217 e. The van der Waals surface area contributed by atoms with Gasteiger partial charge in [-0.3, -0.25) is 5.21 Å². The largest absolute Gasteiger partial charge is 0.439 e. The van der Waals surface area contributed by atoms with Crippen molar-refractivity contribution in [3.05, 3.63) is 30.3 Å². The Kier molecular flexibility index (Phi) is 1.30. The van der Waals surface area contributed by atoms with Crippen molar-refractivity contribution >= 4 is 16.9 Å². The summed E-state index contributed by atoms with van der Waals surface area (Å²) in [5.74, 6) is 0.367. The summed E-state index contributed by atoms with van der Waals surface area (Å²) in [4.78, 5) is 0. The zero-order valence-corrected chi connectivity index (χ0v) is 5.74. The maximum atomic E-state index is 8.49.